The van der Waals surface area contributed by atoms with Gasteiger partial charge < -0.3 is 18.2 Å². The van der Waals surface area contributed by atoms with Crippen LogP contribution in [0.1, 0.15) is 16.9 Å². The number of benzene rings is 2. The second kappa shape index (κ2) is 10.1. The molecule has 2 aromatic carbocycles. The number of rotatable bonds is 9. The second-order valence-corrected chi connectivity index (χ2v) is 8.52. The van der Waals surface area contributed by atoms with Crippen molar-refractivity contribution in [3.05, 3.63) is 83.8 Å². The maximum Gasteiger partial charge on any atom is 0.416 e. The number of methoxy groups -OCH3 is 1. The van der Waals surface area contributed by atoms with E-state index in [-0.39, 0.29) is 31.4 Å². The highest BCUT2D eigenvalue weighted by atomic mass is 32.2. The van der Waals surface area contributed by atoms with Crippen LogP contribution < -0.4 is 4.18 Å². The monoisotopic (exact) mass is 483 g/mol. The topological polar surface area (TPSA) is 86.0 Å². The zero-order chi connectivity index (χ0) is 24.1. The van der Waals surface area contributed by atoms with Gasteiger partial charge in [-0.2, -0.15) is 21.6 Å². The van der Waals surface area contributed by atoms with Crippen molar-refractivity contribution in [3.8, 4) is 5.75 Å². The Bertz CT molecular complexity index is 1190. The maximum absolute atomic E-state index is 12.9. The Labute approximate surface area is 188 Å². The Kier molecular flexibility index (Phi) is 7.44. The molecule has 0 aliphatic carbocycles. The lowest BCUT2D eigenvalue weighted by molar-refractivity contribution is -0.138. The molecule has 0 atom stereocenters. The summed E-state index contributed by atoms with van der Waals surface area (Å²) in [5.41, 5.74) is -0.575. The Morgan fingerprint density at radius 2 is 1.79 bits per heavy atom. The summed E-state index contributed by atoms with van der Waals surface area (Å²) in [7, 11) is -3.14. The highest BCUT2D eigenvalue weighted by Gasteiger charge is 2.32. The predicted molar refractivity (Wildman–Crippen MR) is 111 cm³/mol. The Morgan fingerprint density at radius 3 is 2.45 bits per heavy atom. The number of nitrogens with zero attached hydrogens (tertiary/aromatic N) is 1. The molecule has 0 saturated heterocycles. The van der Waals surface area contributed by atoms with Crippen molar-refractivity contribution < 1.29 is 39.7 Å². The van der Waals surface area contributed by atoms with E-state index in [0.29, 0.717) is 17.4 Å². The number of hydrogen-bond acceptors (Lipinski definition) is 6. The number of amides is 1. The van der Waals surface area contributed by atoms with E-state index in [2.05, 4.69) is 0 Å². The summed E-state index contributed by atoms with van der Waals surface area (Å²) in [4.78, 5) is 13.2. The molecule has 3 rings (SSSR count). The van der Waals surface area contributed by atoms with E-state index in [9.17, 15) is 26.4 Å². The quantitative estimate of drug-likeness (QED) is 0.423. The number of furan rings is 1. The summed E-state index contributed by atoms with van der Waals surface area (Å²) in [6.07, 6.45) is -3.22. The van der Waals surface area contributed by atoms with Crippen molar-refractivity contribution in [1.82, 2.24) is 4.90 Å². The van der Waals surface area contributed by atoms with E-state index < -0.39 is 26.8 Å². The highest BCUT2D eigenvalue weighted by Crippen LogP contribution is 2.31. The van der Waals surface area contributed by atoms with E-state index in [1.807, 2.05) is 0 Å². The van der Waals surface area contributed by atoms with E-state index >= 15 is 0 Å². The number of halogens is 3. The van der Waals surface area contributed by atoms with Crippen LogP contribution in [-0.2, 0) is 38.9 Å². The van der Waals surface area contributed by atoms with Gasteiger partial charge in [0.2, 0.25) is 5.91 Å². The Hall–Kier alpha value is -3.31. The molecule has 33 heavy (non-hydrogen) atoms. The van der Waals surface area contributed by atoms with Gasteiger partial charge in [0.15, 0.2) is 0 Å². The fourth-order valence-corrected chi connectivity index (χ4v) is 3.93. The second-order valence-electron chi connectivity index (χ2n) is 6.97. The van der Waals surface area contributed by atoms with Crippen LogP contribution >= 0.6 is 0 Å². The van der Waals surface area contributed by atoms with Crippen LogP contribution in [0.25, 0.3) is 0 Å². The maximum atomic E-state index is 12.9. The number of carbonyl (C=O) groups is 1. The fraction of sp³-hybridized carbons (Fsp3) is 0.227. The standard InChI is InChI=1S/C22H20F3NO6S/c1-30-15-21(27)26(14-19-8-4-10-31-19)13-16-5-2-7-18(11-16)32-33(28,29)20-9-3-6-17(12-20)22(23,24)25/h2-12H,13-15H2,1H3. The molecule has 0 radical (unpaired) electrons. The summed E-state index contributed by atoms with van der Waals surface area (Å²) in [5, 5.41) is 0. The molecule has 1 heterocycles. The first-order chi connectivity index (χ1) is 15.6. The van der Waals surface area contributed by atoms with Gasteiger partial charge in [-0.3, -0.25) is 4.79 Å². The van der Waals surface area contributed by atoms with Crippen molar-refractivity contribution in [2.75, 3.05) is 13.7 Å². The zero-order valence-electron chi connectivity index (χ0n) is 17.4. The van der Waals surface area contributed by atoms with Crippen molar-refractivity contribution in [2.24, 2.45) is 0 Å². The lowest BCUT2D eigenvalue weighted by atomic mass is 10.2. The Balaban J connectivity index is 1.80. The third-order valence-corrected chi connectivity index (χ3v) is 5.72. The molecule has 0 spiro atoms. The average Bonchev–Trinajstić information content (AvgIpc) is 3.26. The molecule has 1 aromatic heterocycles. The molecule has 11 heteroatoms. The summed E-state index contributed by atoms with van der Waals surface area (Å²) < 4.78 is 79.1. The van der Waals surface area contributed by atoms with Crippen LogP contribution in [0, 0.1) is 0 Å². The molecule has 0 aliphatic rings. The van der Waals surface area contributed by atoms with Gasteiger partial charge in [-0.1, -0.05) is 18.2 Å². The minimum atomic E-state index is -4.70. The number of ether oxygens (including phenoxy) is 1. The molecule has 7 nitrogen and oxygen atoms in total. The molecule has 0 N–H and O–H groups in total. The summed E-state index contributed by atoms with van der Waals surface area (Å²) >= 11 is 0. The SMILES string of the molecule is COCC(=O)N(Cc1cccc(OS(=O)(=O)c2cccc(C(F)(F)F)c2)c1)Cc1ccco1. The van der Waals surface area contributed by atoms with Gasteiger partial charge in [0.25, 0.3) is 0 Å². The van der Waals surface area contributed by atoms with Gasteiger partial charge in [-0.05, 0) is 48.0 Å². The molecule has 3 aromatic rings. The summed E-state index contributed by atoms with van der Waals surface area (Å²) in [5.74, 6) is 0.109. The molecule has 176 valence electrons. The lowest BCUT2D eigenvalue weighted by Crippen LogP contribution is -2.32. The zero-order valence-corrected chi connectivity index (χ0v) is 18.2. The van der Waals surface area contributed by atoms with Gasteiger partial charge in [0.1, 0.15) is 23.0 Å². The first-order valence-electron chi connectivity index (χ1n) is 9.58. The van der Waals surface area contributed by atoms with Crippen molar-refractivity contribution in [3.63, 3.8) is 0 Å². The third-order valence-electron chi connectivity index (χ3n) is 4.48. The largest absolute Gasteiger partial charge is 0.467 e. The summed E-state index contributed by atoms with van der Waals surface area (Å²) in [6, 6.07) is 12.6. The van der Waals surface area contributed by atoms with Crippen LogP contribution in [0.3, 0.4) is 0 Å². The van der Waals surface area contributed by atoms with E-state index in [1.165, 1.54) is 36.5 Å². The number of hydrogen-bond donors (Lipinski definition) is 0. The van der Waals surface area contributed by atoms with Crippen molar-refractivity contribution >= 4 is 16.0 Å². The smallest absolute Gasteiger partial charge is 0.416 e. The number of alkyl halides is 3. The first-order valence-corrected chi connectivity index (χ1v) is 11.0. The number of carbonyl (C=O) groups excluding carboxylic acids is 1. The normalized spacial score (nSPS) is 11.9. The molecule has 0 saturated carbocycles. The van der Waals surface area contributed by atoms with Gasteiger partial charge >= 0.3 is 16.3 Å². The summed E-state index contributed by atoms with van der Waals surface area (Å²) in [6.45, 7) is 0.0767. The Morgan fingerprint density at radius 1 is 1.03 bits per heavy atom. The van der Waals surface area contributed by atoms with E-state index in [0.717, 1.165) is 18.2 Å². The molecule has 0 fully saturated rings. The van der Waals surface area contributed by atoms with Crippen LogP contribution in [0.4, 0.5) is 13.2 Å². The van der Waals surface area contributed by atoms with Gasteiger partial charge in [0.05, 0.1) is 18.4 Å². The van der Waals surface area contributed by atoms with Crippen molar-refractivity contribution in [1.29, 1.82) is 0 Å². The average molecular weight is 483 g/mol. The van der Waals surface area contributed by atoms with Crippen LogP contribution in [0.15, 0.2) is 76.2 Å². The van der Waals surface area contributed by atoms with E-state index in [4.69, 9.17) is 13.3 Å². The lowest BCUT2D eigenvalue weighted by Gasteiger charge is -2.22. The minimum Gasteiger partial charge on any atom is -0.467 e. The fourth-order valence-electron chi connectivity index (χ4n) is 2.96. The van der Waals surface area contributed by atoms with E-state index in [1.54, 1.807) is 18.2 Å². The van der Waals surface area contributed by atoms with Crippen LogP contribution in [0.5, 0.6) is 5.75 Å². The van der Waals surface area contributed by atoms with Crippen molar-refractivity contribution in [2.45, 2.75) is 24.2 Å². The van der Waals surface area contributed by atoms with Gasteiger partial charge in [-0.25, -0.2) is 0 Å². The highest BCUT2D eigenvalue weighted by molar-refractivity contribution is 7.87. The van der Waals surface area contributed by atoms with Crippen LogP contribution in [0.2, 0.25) is 0 Å². The van der Waals surface area contributed by atoms with Gasteiger partial charge in [-0.15, -0.1) is 0 Å². The first kappa shape index (κ1) is 24.3. The van der Waals surface area contributed by atoms with Gasteiger partial charge in [0, 0.05) is 13.7 Å². The molecule has 1 amide bonds. The molecule has 0 unspecified atom stereocenters. The van der Waals surface area contributed by atoms with Crippen LogP contribution in [-0.4, -0.2) is 32.9 Å². The molecular weight excluding hydrogens is 463 g/mol. The molecule has 0 aliphatic heterocycles. The predicted octanol–water partition coefficient (Wildman–Crippen LogP) is 4.24. The molecular formula is C22H20F3NO6S. The molecule has 0 bridgehead atoms. The minimum absolute atomic E-state index is 0.0870. The third kappa shape index (κ3) is 6.59.